The first-order chi connectivity index (χ1) is 16.6. The number of nitrogens with one attached hydrogen (secondary N) is 1. The van der Waals surface area contributed by atoms with Gasteiger partial charge in [-0.15, -0.1) is 0 Å². The highest BCUT2D eigenvalue weighted by molar-refractivity contribution is 5.83. The zero-order valence-electron chi connectivity index (χ0n) is 20.1. The summed E-state index contributed by atoms with van der Waals surface area (Å²) in [5, 5.41) is 14.1. The molecule has 0 bridgehead atoms. The van der Waals surface area contributed by atoms with Crippen LogP contribution in [0.3, 0.4) is 0 Å². The highest BCUT2D eigenvalue weighted by Crippen LogP contribution is 2.34. The van der Waals surface area contributed by atoms with E-state index in [0.717, 1.165) is 80.4 Å². The Bertz CT molecular complexity index is 1190. The average molecular weight is 463 g/mol. The van der Waals surface area contributed by atoms with Crippen LogP contribution in [0.5, 0.6) is 5.75 Å². The number of aryl methyl sites for hydroxylation is 2. The lowest BCUT2D eigenvalue weighted by Gasteiger charge is -2.36. The van der Waals surface area contributed by atoms with Crippen LogP contribution in [0.4, 0.5) is 5.95 Å². The number of ether oxygens (including phenoxy) is 2. The van der Waals surface area contributed by atoms with Gasteiger partial charge in [-0.1, -0.05) is 0 Å². The first kappa shape index (κ1) is 21.9. The van der Waals surface area contributed by atoms with Crippen molar-refractivity contribution in [2.45, 2.75) is 51.8 Å². The van der Waals surface area contributed by atoms with Gasteiger partial charge >= 0.3 is 0 Å². The van der Waals surface area contributed by atoms with E-state index in [1.54, 1.807) is 0 Å². The zero-order valence-corrected chi connectivity index (χ0v) is 20.1. The van der Waals surface area contributed by atoms with Gasteiger partial charge in [-0.3, -0.25) is 9.88 Å². The van der Waals surface area contributed by atoms with Gasteiger partial charge in [0.05, 0.1) is 24.2 Å². The Morgan fingerprint density at radius 3 is 2.68 bits per heavy atom. The molecule has 34 heavy (non-hydrogen) atoms. The Balaban J connectivity index is 1.30. The van der Waals surface area contributed by atoms with Gasteiger partial charge in [0.15, 0.2) is 0 Å². The number of nitrogens with zero attached hydrogens (tertiary/aromatic N) is 3. The van der Waals surface area contributed by atoms with Crippen LogP contribution >= 0.6 is 0 Å². The number of imidazole rings is 1. The molecule has 7 heteroatoms. The van der Waals surface area contributed by atoms with Gasteiger partial charge < -0.3 is 19.5 Å². The molecule has 0 aliphatic carbocycles. The number of rotatable bonds is 5. The molecule has 0 radical (unpaired) electrons. The third kappa shape index (κ3) is 3.96. The summed E-state index contributed by atoms with van der Waals surface area (Å²) in [6.07, 6.45) is 3.31. The van der Waals surface area contributed by atoms with Crippen molar-refractivity contribution in [2.75, 3.05) is 37.8 Å². The normalized spacial score (nSPS) is 21.7. The second-order valence-electron chi connectivity index (χ2n) is 10.1. The Hall–Kier alpha value is -2.61. The standard InChI is InChI=1S/C27H34N4O3/c1-17-13-23-24(14-18(17)2)31(22-3-4-25-20(15-22)7-12-34-25)27(29-23)30-9-5-19(6-10-30)26(32)28-21-8-11-33-16-21/h3-4,13-15,19,21,26,28,32H,5-12,16H2,1-2H3. The average Bonchev–Trinajstić information content (AvgIpc) is 3.59. The van der Waals surface area contributed by atoms with Crippen LogP contribution in [0.1, 0.15) is 36.0 Å². The molecule has 180 valence electrons. The minimum atomic E-state index is -0.477. The van der Waals surface area contributed by atoms with Crippen molar-refractivity contribution in [1.29, 1.82) is 0 Å². The maximum atomic E-state index is 10.8. The summed E-state index contributed by atoms with van der Waals surface area (Å²) in [6, 6.07) is 11.2. The van der Waals surface area contributed by atoms with Crippen molar-refractivity contribution < 1.29 is 14.6 Å². The highest BCUT2D eigenvalue weighted by Gasteiger charge is 2.30. The summed E-state index contributed by atoms with van der Waals surface area (Å²) >= 11 is 0. The van der Waals surface area contributed by atoms with E-state index in [-0.39, 0.29) is 12.0 Å². The Labute approximate surface area is 200 Å². The van der Waals surface area contributed by atoms with Crippen LogP contribution in [0, 0.1) is 19.8 Å². The monoisotopic (exact) mass is 462 g/mol. The lowest BCUT2D eigenvalue weighted by Crippen LogP contribution is -2.47. The Morgan fingerprint density at radius 1 is 1.06 bits per heavy atom. The van der Waals surface area contributed by atoms with Crippen LogP contribution in [0.25, 0.3) is 16.7 Å². The summed E-state index contributed by atoms with van der Waals surface area (Å²) in [5.74, 6) is 2.23. The van der Waals surface area contributed by atoms with Gasteiger partial charge in [0.2, 0.25) is 5.95 Å². The van der Waals surface area contributed by atoms with Crippen LogP contribution in [0.2, 0.25) is 0 Å². The molecule has 2 N–H and O–H groups in total. The molecule has 4 heterocycles. The van der Waals surface area contributed by atoms with E-state index >= 15 is 0 Å². The van der Waals surface area contributed by atoms with Crippen LogP contribution in [0.15, 0.2) is 30.3 Å². The number of benzene rings is 2. The molecular weight excluding hydrogens is 428 g/mol. The van der Waals surface area contributed by atoms with Gasteiger partial charge in [-0.2, -0.15) is 0 Å². The summed E-state index contributed by atoms with van der Waals surface area (Å²) in [7, 11) is 0. The molecule has 0 spiro atoms. The first-order valence-corrected chi connectivity index (χ1v) is 12.6. The molecule has 1 aromatic heterocycles. The third-order valence-corrected chi connectivity index (χ3v) is 7.79. The summed E-state index contributed by atoms with van der Waals surface area (Å²) in [6.45, 7) is 8.30. The van der Waals surface area contributed by atoms with Crippen LogP contribution in [-0.2, 0) is 11.2 Å². The topological polar surface area (TPSA) is 71.8 Å². The van der Waals surface area contributed by atoms with E-state index in [9.17, 15) is 5.11 Å². The van der Waals surface area contributed by atoms with Crippen molar-refractivity contribution >= 4 is 17.0 Å². The number of aliphatic hydroxyl groups is 1. The maximum Gasteiger partial charge on any atom is 0.211 e. The van der Waals surface area contributed by atoms with E-state index in [2.05, 4.69) is 59.0 Å². The minimum absolute atomic E-state index is 0.247. The van der Waals surface area contributed by atoms with Gasteiger partial charge in [-0.25, -0.2) is 4.98 Å². The molecule has 0 saturated carbocycles. The predicted molar refractivity (Wildman–Crippen MR) is 133 cm³/mol. The van der Waals surface area contributed by atoms with Gasteiger partial charge in [-0.05, 0) is 80.1 Å². The van der Waals surface area contributed by atoms with Gasteiger partial charge in [0, 0.05) is 43.8 Å². The second-order valence-corrected chi connectivity index (χ2v) is 10.1. The van der Waals surface area contributed by atoms with E-state index < -0.39 is 6.23 Å². The third-order valence-electron chi connectivity index (χ3n) is 7.79. The SMILES string of the molecule is Cc1cc2nc(N3CCC(C(O)NC4CCOC4)CC3)n(-c3ccc4c(c3)CCO4)c2cc1C. The van der Waals surface area contributed by atoms with Crippen molar-refractivity contribution in [3.05, 3.63) is 47.0 Å². The lowest BCUT2D eigenvalue weighted by molar-refractivity contribution is 0.0484. The van der Waals surface area contributed by atoms with Crippen LogP contribution in [-0.4, -0.2) is 59.8 Å². The number of aliphatic hydroxyl groups excluding tert-OH is 1. The fourth-order valence-corrected chi connectivity index (χ4v) is 5.56. The molecule has 0 amide bonds. The fraction of sp³-hybridized carbons (Fsp3) is 0.519. The number of hydrogen-bond donors (Lipinski definition) is 2. The largest absolute Gasteiger partial charge is 0.493 e. The quantitative estimate of drug-likeness (QED) is 0.566. The second kappa shape index (κ2) is 8.87. The molecule has 2 aromatic carbocycles. The lowest BCUT2D eigenvalue weighted by atomic mass is 9.94. The molecule has 2 fully saturated rings. The molecule has 3 aliphatic rings. The number of hydrogen-bond acceptors (Lipinski definition) is 6. The first-order valence-electron chi connectivity index (χ1n) is 12.6. The molecule has 3 aliphatic heterocycles. The summed E-state index contributed by atoms with van der Waals surface area (Å²) in [5.41, 5.74) is 7.10. The fourth-order valence-electron chi connectivity index (χ4n) is 5.56. The molecule has 3 aromatic rings. The van der Waals surface area contributed by atoms with Crippen molar-refractivity contribution in [1.82, 2.24) is 14.9 Å². The molecule has 2 atom stereocenters. The minimum Gasteiger partial charge on any atom is -0.493 e. The molecule has 7 nitrogen and oxygen atoms in total. The van der Waals surface area contributed by atoms with E-state index in [0.29, 0.717) is 6.61 Å². The Kier molecular flexibility index (Phi) is 5.71. The van der Waals surface area contributed by atoms with E-state index in [1.807, 2.05) is 0 Å². The smallest absolute Gasteiger partial charge is 0.211 e. The van der Waals surface area contributed by atoms with Crippen LogP contribution < -0.4 is 15.0 Å². The highest BCUT2D eigenvalue weighted by atomic mass is 16.5. The molecule has 2 saturated heterocycles. The van der Waals surface area contributed by atoms with E-state index in [4.69, 9.17) is 14.5 Å². The van der Waals surface area contributed by atoms with Crippen molar-refractivity contribution in [2.24, 2.45) is 5.92 Å². The Morgan fingerprint density at radius 2 is 1.88 bits per heavy atom. The van der Waals surface area contributed by atoms with Crippen molar-refractivity contribution in [3.63, 3.8) is 0 Å². The number of piperidine rings is 1. The molecule has 2 unspecified atom stereocenters. The number of aromatic nitrogens is 2. The van der Waals surface area contributed by atoms with Gasteiger partial charge in [0.25, 0.3) is 0 Å². The zero-order chi connectivity index (χ0) is 23.2. The predicted octanol–water partition coefficient (Wildman–Crippen LogP) is 3.49. The van der Waals surface area contributed by atoms with Crippen molar-refractivity contribution in [3.8, 4) is 11.4 Å². The number of fused-ring (bicyclic) bond motifs is 2. The van der Waals surface area contributed by atoms with E-state index in [1.165, 1.54) is 16.7 Å². The number of anilines is 1. The molecular formula is C27H34N4O3. The summed E-state index contributed by atoms with van der Waals surface area (Å²) < 4.78 is 13.5. The summed E-state index contributed by atoms with van der Waals surface area (Å²) in [4.78, 5) is 7.51. The van der Waals surface area contributed by atoms with Gasteiger partial charge in [0.1, 0.15) is 12.0 Å². The molecule has 6 rings (SSSR count). The maximum absolute atomic E-state index is 10.8.